The zero-order valence-electron chi connectivity index (χ0n) is 13.0. The number of ether oxygens (including phenoxy) is 1. The molecule has 0 bridgehead atoms. The summed E-state index contributed by atoms with van der Waals surface area (Å²) in [6.07, 6.45) is 4.12. The van der Waals surface area contributed by atoms with E-state index in [0.29, 0.717) is 0 Å². The van der Waals surface area contributed by atoms with Crippen LogP contribution >= 0.6 is 0 Å². The van der Waals surface area contributed by atoms with Gasteiger partial charge in [-0.1, -0.05) is 44.2 Å². The van der Waals surface area contributed by atoms with Crippen LogP contribution in [0.3, 0.4) is 0 Å². The summed E-state index contributed by atoms with van der Waals surface area (Å²) in [6, 6.07) is 16.5. The molecule has 22 heavy (non-hydrogen) atoms. The minimum atomic E-state index is 0.177. The fraction of sp³-hybridized carbons (Fsp3) is 0.250. The third-order valence-electron chi connectivity index (χ3n) is 4.60. The third kappa shape index (κ3) is 2.16. The number of pyridine rings is 1. The van der Waals surface area contributed by atoms with Crippen molar-refractivity contribution in [1.29, 1.82) is 0 Å². The number of nitrogens with zero attached hydrogens (tertiary/aromatic N) is 1. The fourth-order valence-electron chi connectivity index (χ4n) is 3.44. The number of fused-ring (bicyclic) bond motifs is 2. The molecule has 0 aliphatic heterocycles. The van der Waals surface area contributed by atoms with E-state index in [1.54, 1.807) is 0 Å². The first-order chi connectivity index (χ1) is 10.6. The van der Waals surface area contributed by atoms with Crippen molar-refractivity contribution in [3.8, 4) is 11.5 Å². The normalized spacial score (nSPS) is 15.7. The van der Waals surface area contributed by atoms with Crippen molar-refractivity contribution in [3.63, 3.8) is 0 Å². The van der Waals surface area contributed by atoms with E-state index >= 15 is 0 Å². The number of rotatable bonds is 2. The highest BCUT2D eigenvalue weighted by atomic mass is 16.5. The molecule has 0 saturated carbocycles. The molecule has 0 fully saturated rings. The summed E-state index contributed by atoms with van der Waals surface area (Å²) >= 11 is 0. The average Bonchev–Trinajstić information content (AvgIpc) is 2.84. The molecule has 0 radical (unpaired) electrons. The number of aryl methyl sites for hydroxylation is 1. The van der Waals surface area contributed by atoms with Gasteiger partial charge in [0.05, 0.1) is 11.7 Å². The van der Waals surface area contributed by atoms with Gasteiger partial charge in [0.15, 0.2) is 0 Å². The number of hydrogen-bond donors (Lipinski definition) is 0. The fourth-order valence-corrected chi connectivity index (χ4v) is 3.44. The van der Waals surface area contributed by atoms with E-state index in [0.717, 1.165) is 28.8 Å². The van der Waals surface area contributed by atoms with Crippen LogP contribution in [-0.4, -0.2) is 4.98 Å². The molecular weight excluding hydrogens is 270 g/mol. The quantitative estimate of drug-likeness (QED) is 0.642. The first-order valence-electron chi connectivity index (χ1n) is 7.78. The Morgan fingerprint density at radius 2 is 1.91 bits per heavy atom. The minimum absolute atomic E-state index is 0.177. The SMILES string of the molecule is CC1(C)CCc2cccc(Oc3cnc4ccccc4c3)c21. The minimum Gasteiger partial charge on any atom is -0.455 e. The largest absolute Gasteiger partial charge is 0.455 e. The Hall–Kier alpha value is -2.35. The predicted molar refractivity (Wildman–Crippen MR) is 89.6 cm³/mol. The predicted octanol–water partition coefficient (Wildman–Crippen LogP) is 5.25. The van der Waals surface area contributed by atoms with Gasteiger partial charge in [0.25, 0.3) is 0 Å². The molecule has 4 rings (SSSR count). The maximum absolute atomic E-state index is 6.20. The van der Waals surface area contributed by atoms with Crippen LogP contribution in [0.1, 0.15) is 31.4 Å². The Balaban J connectivity index is 1.76. The van der Waals surface area contributed by atoms with Gasteiger partial charge in [0, 0.05) is 10.9 Å². The lowest BCUT2D eigenvalue weighted by molar-refractivity contribution is 0.446. The van der Waals surface area contributed by atoms with Crippen LogP contribution in [0, 0.1) is 0 Å². The van der Waals surface area contributed by atoms with Gasteiger partial charge >= 0.3 is 0 Å². The van der Waals surface area contributed by atoms with Crippen molar-refractivity contribution >= 4 is 10.9 Å². The molecule has 2 heteroatoms. The number of benzene rings is 2. The van der Waals surface area contributed by atoms with Crippen molar-refractivity contribution in [3.05, 3.63) is 65.9 Å². The molecule has 2 aromatic carbocycles. The highest BCUT2D eigenvalue weighted by Crippen LogP contribution is 2.44. The van der Waals surface area contributed by atoms with Gasteiger partial charge in [0.1, 0.15) is 11.5 Å². The standard InChI is InChI=1S/C20H19NO/c1-20(2)11-10-14-7-5-9-18(19(14)20)22-16-12-15-6-3-4-8-17(15)21-13-16/h3-9,12-13H,10-11H2,1-2H3. The van der Waals surface area contributed by atoms with Crippen LogP contribution in [0.2, 0.25) is 0 Å². The summed E-state index contributed by atoms with van der Waals surface area (Å²) in [7, 11) is 0. The first-order valence-corrected chi connectivity index (χ1v) is 7.78. The van der Waals surface area contributed by atoms with Crippen molar-refractivity contribution in [2.75, 3.05) is 0 Å². The van der Waals surface area contributed by atoms with Crippen molar-refractivity contribution in [1.82, 2.24) is 4.98 Å². The molecular formula is C20H19NO. The summed E-state index contributed by atoms with van der Waals surface area (Å²) in [5.41, 5.74) is 3.93. The smallest absolute Gasteiger partial charge is 0.146 e. The number of para-hydroxylation sites is 1. The molecule has 3 aromatic rings. The maximum atomic E-state index is 6.20. The first kappa shape index (κ1) is 13.3. The zero-order valence-corrected chi connectivity index (χ0v) is 13.0. The number of hydrogen-bond acceptors (Lipinski definition) is 2. The van der Waals surface area contributed by atoms with E-state index in [2.05, 4.69) is 49.2 Å². The van der Waals surface area contributed by atoms with Crippen LogP contribution in [0.15, 0.2) is 54.7 Å². The Kier molecular flexibility index (Phi) is 2.93. The van der Waals surface area contributed by atoms with Gasteiger partial charge in [-0.15, -0.1) is 0 Å². The molecule has 110 valence electrons. The Morgan fingerprint density at radius 1 is 1.05 bits per heavy atom. The van der Waals surface area contributed by atoms with Gasteiger partial charge in [-0.3, -0.25) is 4.98 Å². The van der Waals surface area contributed by atoms with E-state index < -0.39 is 0 Å². The van der Waals surface area contributed by atoms with Crippen LogP contribution < -0.4 is 4.74 Å². The second-order valence-electron chi connectivity index (χ2n) is 6.64. The summed E-state index contributed by atoms with van der Waals surface area (Å²) in [4.78, 5) is 4.48. The van der Waals surface area contributed by atoms with Crippen LogP contribution in [0.5, 0.6) is 11.5 Å². The molecule has 0 amide bonds. The summed E-state index contributed by atoms with van der Waals surface area (Å²) in [5, 5.41) is 1.10. The third-order valence-corrected chi connectivity index (χ3v) is 4.60. The van der Waals surface area contributed by atoms with Crippen LogP contribution in [0.25, 0.3) is 10.9 Å². The molecule has 1 heterocycles. The van der Waals surface area contributed by atoms with Crippen molar-refractivity contribution in [2.24, 2.45) is 0 Å². The maximum Gasteiger partial charge on any atom is 0.146 e. The summed E-state index contributed by atoms with van der Waals surface area (Å²) in [6.45, 7) is 4.59. The molecule has 1 aliphatic carbocycles. The van der Waals surface area contributed by atoms with E-state index in [-0.39, 0.29) is 5.41 Å². The molecule has 1 aromatic heterocycles. The highest BCUT2D eigenvalue weighted by molar-refractivity contribution is 5.79. The van der Waals surface area contributed by atoms with Gasteiger partial charge in [-0.2, -0.15) is 0 Å². The Labute approximate surface area is 130 Å². The van der Waals surface area contributed by atoms with Gasteiger partial charge in [0.2, 0.25) is 0 Å². The number of aromatic nitrogens is 1. The monoisotopic (exact) mass is 289 g/mol. The zero-order chi connectivity index (χ0) is 15.2. The second kappa shape index (κ2) is 4.84. The molecule has 0 N–H and O–H groups in total. The molecule has 2 nitrogen and oxygen atoms in total. The summed E-state index contributed by atoms with van der Waals surface area (Å²) in [5.74, 6) is 1.77. The second-order valence-corrected chi connectivity index (χ2v) is 6.64. The molecule has 0 unspecified atom stereocenters. The average molecular weight is 289 g/mol. The van der Waals surface area contributed by atoms with E-state index in [9.17, 15) is 0 Å². The topological polar surface area (TPSA) is 22.1 Å². The van der Waals surface area contributed by atoms with Crippen LogP contribution in [-0.2, 0) is 11.8 Å². The molecule has 0 atom stereocenters. The van der Waals surface area contributed by atoms with Gasteiger partial charge < -0.3 is 4.74 Å². The van der Waals surface area contributed by atoms with E-state index in [4.69, 9.17) is 4.74 Å². The molecule has 1 aliphatic rings. The lowest BCUT2D eigenvalue weighted by Gasteiger charge is -2.22. The van der Waals surface area contributed by atoms with Crippen LogP contribution in [0.4, 0.5) is 0 Å². The van der Waals surface area contributed by atoms with Crippen molar-refractivity contribution in [2.45, 2.75) is 32.1 Å². The Bertz CT molecular complexity index is 851. The van der Waals surface area contributed by atoms with E-state index in [1.807, 2.05) is 24.4 Å². The summed E-state index contributed by atoms with van der Waals surface area (Å²) < 4.78 is 6.20. The lowest BCUT2D eigenvalue weighted by atomic mass is 9.86. The van der Waals surface area contributed by atoms with E-state index in [1.165, 1.54) is 17.5 Å². The molecule has 0 spiro atoms. The van der Waals surface area contributed by atoms with Gasteiger partial charge in [-0.25, -0.2) is 0 Å². The van der Waals surface area contributed by atoms with Crippen molar-refractivity contribution < 1.29 is 4.74 Å². The molecule has 0 saturated heterocycles. The highest BCUT2D eigenvalue weighted by Gasteiger charge is 2.32. The van der Waals surface area contributed by atoms with Gasteiger partial charge in [-0.05, 0) is 42.0 Å². The lowest BCUT2D eigenvalue weighted by Crippen LogP contribution is -2.13. The Morgan fingerprint density at radius 3 is 2.82 bits per heavy atom.